The third kappa shape index (κ3) is 2.44. The molecule has 1 aliphatic rings. The van der Waals surface area contributed by atoms with E-state index in [1.54, 1.807) is 11.0 Å². The van der Waals surface area contributed by atoms with Gasteiger partial charge in [-0.2, -0.15) is 0 Å². The zero-order chi connectivity index (χ0) is 12.4. The highest BCUT2D eigenvalue weighted by Crippen LogP contribution is 2.26. The topological polar surface area (TPSA) is 55.6 Å². The summed E-state index contributed by atoms with van der Waals surface area (Å²) in [4.78, 5) is 13.8. The van der Waals surface area contributed by atoms with Gasteiger partial charge in [0.1, 0.15) is 6.10 Å². The lowest BCUT2D eigenvalue weighted by Gasteiger charge is -2.32. The SMILES string of the molecule is Cc1ccc(Cl)cc1N1CCOC(CN)C1=O. The number of carbonyl (C=O) groups excluding carboxylic acids is 1. The van der Waals surface area contributed by atoms with E-state index < -0.39 is 6.10 Å². The summed E-state index contributed by atoms with van der Waals surface area (Å²) in [6, 6.07) is 5.51. The maximum absolute atomic E-state index is 12.1. The Hall–Kier alpha value is -1.10. The van der Waals surface area contributed by atoms with E-state index in [4.69, 9.17) is 22.1 Å². The molecule has 0 aromatic heterocycles. The van der Waals surface area contributed by atoms with Crippen LogP contribution in [0, 0.1) is 6.92 Å². The van der Waals surface area contributed by atoms with E-state index in [0.717, 1.165) is 11.3 Å². The first-order valence-corrected chi connectivity index (χ1v) is 5.90. The highest BCUT2D eigenvalue weighted by atomic mass is 35.5. The quantitative estimate of drug-likeness (QED) is 0.867. The number of nitrogens with two attached hydrogens (primary N) is 1. The van der Waals surface area contributed by atoms with Crippen LogP contribution >= 0.6 is 11.6 Å². The highest BCUT2D eigenvalue weighted by molar-refractivity contribution is 6.31. The van der Waals surface area contributed by atoms with Crippen molar-refractivity contribution in [2.45, 2.75) is 13.0 Å². The number of carbonyl (C=O) groups is 1. The summed E-state index contributed by atoms with van der Waals surface area (Å²) < 4.78 is 5.31. The van der Waals surface area contributed by atoms with Crippen molar-refractivity contribution in [3.05, 3.63) is 28.8 Å². The predicted molar refractivity (Wildman–Crippen MR) is 67.3 cm³/mol. The number of ether oxygens (including phenoxy) is 1. The third-order valence-corrected chi connectivity index (χ3v) is 3.09. The van der Waals surface area contributed by atoms with E-state index >= 15 is 0 Å². The Morgan fingerprint density at radius 2 is 2.35 bits per heavy atom. The summed E-state index contributed by atoms with van der Waals surface area (Å²) in [5, 5.41) is 0.620. The van der Waals surface area contributed by atoms with E-state index in [9.17, 15) is 4.79 Å². The number of morpholine rings is 1. The molecule has 4 nitrogen and oxygen atoms in total. The van der Waals surface area contributed by atoms with Crippen molar-refractivity contribution in [1.82, 2.24) is 0 Å². The van der Waals surface area contributed by atoms with Gasteiger partial charge in [-0.3, -0.25) is 4.79 Å². The van der Waals surface area contributed by atoms with Gasteiger partial charge in [-0.05, 0) is 24.6 Å². The summed E-state index contributed by atoms with van der Waals surface area (Å²) in [6.07, 6.45) is -0.540. The average Bonchev–Trinajstić information content (AvgIpc) is 2.33. The molecule has 1 unspecified atom stereocenters. The Labute approximate surface area is 105 Å². The zero-order valence-corrected chi connectivity index (χ0v) is 10.4. The number of aryl methyl sites for hydroxylation is 1. The van der Waals surface area contributed by atoms with Gasteiger partial charge in [-0.1, -0.05) is 17.7 Å². The first-order valence-electron chi connectivity index (χ1n) is 5.52. The maximum atomic E-state index is 12.1. The maximum Gasteiger partial charge on any atom is 0.257 e. The Morgan fingerprint density at radius 3 is 3.06 bits per heavy atom. The van der Waals surface area contributed by atoms with Gasteiger partial charge in [-0.25, -0.2) is 0 Å². The van der Waals surface area contributed by atoms with Crippen molar-refractivity contribution in [2.24, 2.45) is 5.73 Å². The first kappa shape index (κ1) is 12.4. The Bertz CT molecular complexity index is 437. The molecule has 92 valence electrons. The lowest BCUT2D eigenvalue weighted by atomic mass is 10.1. The Morgan fingerprint density at radius 1 is 1.59 bits per heavy atom. The predicted octanol–water partition coefficient (Wildman–Crippen LogP) is 1.34. The number of nitrogens with zero attached hydrogens (tertiary/aromatic N) is 1. The van der Waals surface area contributed by atoms with Crippen molar-refractivity contribution < 1.29 is 9.53 Å². The normalized spacial score (nSPS) is 20.8. The van der Waals surface area contributed by atoms with E-state index in [-0.39, 0.29) is 12.5 Å². The minimum absolute atomic E-state index is 0.0934. The standard InChI is InChI=1S/C12H15ClN2O2/c1-8-2-3-9(13)6-10(8)15-4-5-17-11(7-14)12(15)16/h2-3,6,11H,4-5,7,14H2,1H3. The molecule has 0 bridgehead atoms. The number of anilines is 1. The Kier molecular flexibility index (Phi) is 3.66. The fraction of sp³-hybridized carbons (Fsp3) is 0.417. The van der Waals surface area contributed by atoms with Crippen molar-refractivity contribution in [2.75, 3.05) is 24.6 Å². The largest absolute Gasteiger partial charge is 0.365 e. The smallest absolute Gasteiger partial charge is 0.257 e. The van der Waals surface area contributed by atoms with Gasteiger partial charge in [0.15, 0.2) is 0 Å². The van der Waals surface area contributed by atoms with Crippen LogP contribution in [0.1, 0.15) is 5.56 Å². The zero-order valence-electron chi connectivity index (χ0n) is 9.65. The number of rotatable bonds is 2. The number of amides is 1. The lowest BCUT2D eigenvalue weighted by Crippen LogP contribution is -2.51. The molecule has 1 aromatic carbocycles. The van der Waals surface area contributed by atoms with E-state index in [1.807, 2.05) is 19.1 Å². The average molecular weight is 255 g/mol. The van der Waals surface area contributed by atoms with E-state index in [0.29, 0.717) is 18.2 Å². The summed E-state index contributed by atoms with van der Waals surface area (Å²) in [5.41, 5.74) is 7.35. The van der Waals surface area contributed by atoms with E-state index in [1.165, 1.54) is 0 Å². The van der Waals surface area contributed by atoms with Gasteiger partial charge < -0.3 is 15.4 Å². The number of halogens is 1. The van der Waals surface area contributed by atoms with Gasteiger partial charge in [0.05, 0.1) is 6.61 Å². The van der Waals surface area contributed by atoms with Crippen LogP contribution in [-0.2, 0) is 9.53 Å². The van der Waals surface area contributed by atoms with Crippen LogP contribution in [0.15, 0.2) is 18.2 Å². The number of hydrogen-bond donors (Lipinski definition) is 1. The molecule has 17 heavy (non-hydrogen) atoms. The molecular weight excluding hydrogens is 240 g/mol. The number of benzene rings is 1. The minimum Gasteiger partial charge on any atom is -0.365 e. The molecule has 0 radical (unpaired) electrons. The van der Waals surface area contributed by atoms with Crippen LogP contribution in [0.4, 0.5) is 5.69 Å². The third-order valence-electron chi connectivity index (χ3n) is 2.85. The fourth-order valence-corrected chi connectivity index (χ4v) is 2.09. The second-order valence-electron chi connectivity index (χ2n) is 4.02. The Balaban J connectivity index is 2.32. The molecule has 1 atom stereocenters. The molecule has 1 amide bonds. The van der Waals surface area contributed by atoms with Gasteiger partial charge in [0.25, 0.3) is 5.91 Å². The molecule has 1 heterocycles. The molecule has 1 fully saturated rings. The molecule has 2 rings (SSSR count). The van der Waals surface area contributed by atoms with Crippen LogP contribution in [-0.4, -0.2) is 31.7 Å². The molecule has 0 saturated carbocycles. The summed E-state index contributed by atoms with van der Waals surface area (Å²) in [5.74, 6) is -0.0934. The summed E-state index contributed by atoms with van der Waals surface area (Å²) >= 11 is 5.96. The molecule has 5 heteroatoms. The second kappa shape index (κ2) is 5.04. The van der Waals surface area contributed by atoms with Gasteiger partial charge in [0, 0.05) is 23.8 Å². The van der Waals surface area contributed by atoms with Crippen LogP contribution in [0.3, 0.4) is 0 Å². The van der Waals surface area contributed by atoms with Crippen molar-refractivity contribution in [3.8, 4) is 0 Å². The van der Waals surface area contributed by atoms with E-state index in [2.05, 4.69) is 0 Å². The molecule has 0 spiro atoms. The molecule has 0 aliphatic carbocycles. The van der Waals surface area contributed by atoms with Crippen molar-refractivity contribution >= 4 is 23.2 Å². The van der Waals surface area contributed by atoms with Crippen LogP contribution < -0.4 is 10.6 Å². The van der Waals surface area contributed by atoms with Crippen molar-refractivity contribution in [1.29, 1.82) is 0 Å². The monoisotopic (exact) mass is 254 g/mol. The van der Waals surface area contributed by atoms with Crippen molar-refractivity contribution in [3.63, 3.8) is 0 Å². The lowest BCUT2D eigenvalue weighted by molar-refractivity contribution is -0.133. The molecule has 1 saturated heterocycles. The molecule has 1 aliphatic heterocycles. The minimum atomic E-state index is -0.540. The summed E-state index contributed by atoms with van der Waals surface area (Å²) in [7, 11) is 0. The molecule has 2 N–H and O–H groups in total. The molecular formula is C12H15ClN2O2. The van der Waals surface area contributed by atoms with Gasteiger partial charge in [0.2, 0.25) is 0 Å². The van der Waals surface area contributed by atoms with Crippen LogP contribution in [0.25, 0.3) is 0 Å². The van der Waals surface area contributed by atoms with Crippen LogP contribution in [0.5, 0.6) is 0 Å². The number of hydrogen-bond acceptors (Lipinski definition) is 3. The van der Waals surface area contributed by atoms with Gasteiger partial charge >= 0.3 is 0 Å². The fourth-order valence-electron chi connectivity index (χ4n) is 1.92. The highest BCUT2D eigenvalue weighted by Gasteiger charge is 2.30. The van der Waals surface area contributed by atoms with Gasteiger partial charge in [-0.15, -0.1) is 0 Å². The van der Waals surface area contributed by atoms with Crippen LogP contribution in [0.2, 0.25) is 5.02 Å². The summed E-state index contributed by atoms with van der Waals surface area (Å²) in [6.45, 7) is 3.19. The second-order valence-corrected chi connectivity index (χ2v) is 4.45. The first-order chi connectivity index (χ1) is 8.13. The molecule has 1 aromatic rings.